The van der Waals surface area contributed by atoms with Gasteiger partial charge in [-0.1, -0.05) is 30.3 Å². The Morgan fingerprint density at radius 3 is 2.83 bits per heavy atom. The monoisotopic (exact) mass is 493 g/mol. The third-order valence-corrected chi connectivity index (χ3v) is 6.63. The molecule has 9 nitrogen and oxygen atoms in total. The van der Waals surface area contributed by atoms with Crippen molar-refractivity contribution in [3.8, 4) is 11.5 Å². The minimum atomic E-state index is -0.560. The highest BCUT2D eigenvalue weighted by Crippen LogP contribution is 2.37. The fraction of sp³-hybridized carbons (Fsp3) is 0.280. The van der Waals surface area contributed by atoms with Crippen LogP contribution in [0.5, 0.6) is 11.5 Å². The minimum absolute atomic E-state index is 0.00428. The number of anilines is 1. The van der Waals surface area contributed by atoms with Gasteiger partial charge >= 0.3 is 5.97 Å². The molecule has 2 aliphatic rings. The van der Waals surface area contributed by atoms with Crippen LogP contribution in [0.4, 0.5) is 5.69 Å². The first kappa shape index (κ1) is 22.9. The number of carbonyl (C=O) groups is 3. The largest absolute Gasteiger partial charge is 0.459 e. The van der Waals surface area contributed by atoms with E-state index < -0.39 is 11.9 Å². The van der Waals surface area contributed by atoms with E-state index in [1.807, 2.05) is 30.3 Å². The molecule has 5 rings (SSSR count). The molecule has 180 valence electrons. The zero-order valence-corrected chi connectivity index (χ0v) is 19.6. The molecule has 1 N–H and O–H groups in total. The summed E-state index contributed by atoms with van der Waals surface area (Å²) < 4.78 is 16.1. The van der Waals surface area contributed by atoms with Gasteiger partial charge in [0.05, 0.1) is 18.0 Å². The second-order valence-corrected chi connectivity index (χ2v) is 9.17. The number of thiazole rings is 1. The average molecular weight is 494 g/mol. The first-order valence-electron chi connectivity index (χ1n) is 11.2. The molecule has 0 aliphatic carbocycles. The van der Waals surface area contributed by atoms with Crippen molar-refractivity contribution in [1.82, 2.24) is 10.3 Å². The van der Waals surface area contributed by atoms with Crippen molar-refractivity contribution in [2.24, 2.45) is 5.92 Å². The highest BCUT2D eigenvalue weighted by atomic mass is 32.1. The number of fused-ring (bicyclic) bond motifs is 1. The summed E-state index contributed by atoms with van der Waals surface area (Å²) in [6, 6.07) is 14.9. The molecule has 2 aliphatic heterocycles. The molecule has 1 saturated heterocycles. The molecule has 2 amide bonds. The predicted molar refractivity (Wildman–Crippen MR) is 127 cm³/mol. The minimum Gasteiger partial charge on any atom is -0.459 e. The van der Waals surface area contributed by atoms with E-state index in [1.165, 1.54) is 11.3 Å². The van der Waals surface area contributed by atoms with E-state index in [1.54, 1.807) is 28.5 Å². The van der Waals surface area contributed by atoms with E-state index in [9.17, 15) is 14.4 Å². The van der Waals surface area contributed by atoms with E-state index >= 15 is 0 Å². The summed E-state index contributed by atoms with van der Waals surface area (Å²) in [6.45, 7) is 0.841. The van der Waals surface area contributed by atoms with Gasteiger partial charge < -0.3 is 24.4 Å². The highest BCUT2D eigenvalue weighted by molar-refractivity contribution is 7.09. The van der Waals surface area contributed by atoms with Crippen molar-refractivity contribution in [2.45, 2.75) is 26.0 Å². The van der Waals surface area contributed by atoms with E-state index in [2.05, 4.69) is 10.3 Å². The van der Waals surface area contributed by atoms with E-state index in [4.69, 9.17) is 14.2 Å². The van der Waals surface area contributed by atoms with Crippen molar-refractivity contribution in [3.05, 3.63) is 70.2 Å². The summed E-state index contributed by atoms with van der Waals surface area (Å²) in [4.78, 5) is 43.3. The van der Waals surface area contributed by atoms with Gasteiger partial charge in [-0.15, -0.1) is 11.3 Å². The summed E-state index contributed by atoms with van der Waals surface area (Å²) in [7, 11) is 0. The van der Waals surface area contributed by atoms with Crippen LogP contribution < -0.4 is 19.7 Å². The lowest BCUT2D eigenvalue weighted by molar-refractivity contribution is -0.149. The van der Waals surface area contributed by atoms with Gasteiger partial charge in [0.15, 0.2) is 11.5 Å². The molecular weight excluding hydrogens is 470 g/mol. The van der Waals surface area contributed by atoms with Gasteiger partial charge in [0.1, 0.15) is 11.6 Å². The second kappa shape index (κ2) is 10.1. The molecule has 0 saturated carbocycles. The Labute approximate surface area is 205 Å². The molecule has 0 bridgehead atoms. The Hall–Kier alpha value is -3.92. The number of amides is 2. The van der Waals surface area contributed by atoms with E-state index in [0.717, 1.165) is 5.56 Å². The molecule has 2 aromatic carbocycles. The summed E-state index contributed by atoms with van der Waals surface area (Å²) in [5.41, 5.74) is 2.26. The lowest BCUT2D eigenvalue weighted by Gasteiger charge is -2.16. The first-order chi connectivity index (χ1) is 17.0. The quantitative estimate of drug-likeness (QED) is 0.481. The number of esters is 1. The number of hydrogen-bond acceptors (Lipinski definition) is 8. The molecule has 0 radical (unpaired) electrons. The van der Waals surface area contributed by atoms with Gasteiger partial charge in [-0.05, 0) is 17.7 Å². The van der Waals surface area contributed by atoms with Gasteiger partial charge in [0.2, 0.25) is 18.6 Å². The maximum absolute atomic E-state index is 12.6. The van der Waals surface area contributed by atoms with Crippen LogP contribution in [0.2, 0.25) is 0 Å². The molecule has 10 heteroatoms. The molecule has 0 unspecified atom stereocenters. The smallest absolute Gasteiger partial charge is 0.311 e. The van der Waals surface area contributed by atoms with Gasteiger partial charge in [0.25, 0.3) is 0 Å². The fourth-order valence-corrected chi connectivity index (χ4v) is 4.70. The number of benzene rings is 2. The van der Waals surface area contributed by atoms with Crippen LogP contribution in [0.15, 0.2) is 53.9 Å². The van der Waals surface area contributed by atoms with Crippen LogP contribution in [0, 0.1) is 5.92 Å². The summed E-state index contributed by atoms with van der Waals surface area (Å²) >= 11 is 1.34. The Kier molecular flexibility index (Phi) is 6.62. The third kappa shape index (κ3) is 5.43. The van der Waals surface area contributed by atoms with Crippen LogP contribution in [0.25, 0.3) is 0 Å². The molecular formula is C25H23N3O6S. The SMILES string of the molecule is O=C(Cc1nc(COC(=O)[C@H]2CC(=O)N(c3ccc4c(c3)OCO4)C2)cs1)NCc1ccccc1. The maximum Gasteiger partial charge on any atom is 0.311 e. The molecule has 1 atom stereocenters. The van der Waals surface area contributed by atoms with Crippen LogP contribution in [-0.2, 0) is 38.7 Å². The molecule has 1 fully saturated rings. The van der Waals surface area contributed by atoms with Crippen molar-refractivity contribution >= 4 is 34.8 Å². The van der Waals surface area contributed by atoms with Gasteiger partial charge in [-0.25, -0.2) is 4.98 Å². The molecule has 3 aromatic rings. The number of ether oxygens (including phenoxy) is 3. The van der Waals surface area contributed by atoms with Crippen LogP contribution in [0.3, 0.4) is 0 Å². The van der Waals surface area contributed by atoms with Crippen LogP contribution in [0.1, 0.15) is 22.7 Å². The van der Waals surface area contributed by atoms with Crippen molar-refractivity contribution < 1.29 is 28.6 Å². The zero-order chi connectivity index (χ0) is 24.2. The topological polar surface area (TPSA) is 107 Å². The summed E-state index contributed by atoms with van der Waals surface area (Å²) in [5.74, 6) is -0.0725. The van der Waals surface area contributed by atoms with Crippen LogP contribution >= 0.6 is 11.3 Å². The normalized spacial score (nSPS) is 16.4. The number of nitrogens with one attached hydrogen (secondary N) is 1. The lowest BCUT2D eigenvalue weighted by atomic mass is 10.1. The number of rotatable bonds is 8. The zero-order valence-electron chi connectivity index (χ0n) is 18.8. The number of nitrogens with zero attached hydrogens (tertiary/aromatic N) is 2. The third-order valence-electron chi connectivity index (χ3n) is 5.73. The molecule has 0 spiro atoms. The highest BCUT2D eigenvalue weighted by Gasteiger charge is 2.36. The van der Waals surface area contributed by atoms with Gasteiger partial charge in [-0.2, -0.15) is 0 Å². The standard InChI is InChI=1S/C25H23N3O6S/c29-22(26-11-16-4-2-1-3-5-16)10-23-27-18(14-35-23)13-32-25(31)17-8-24(30)28(12-17)19-6-7-20-21(9-19)34-15-33-20/h1-7,9,14,17H,8,10-13,15H2,(H,26,29)/t17-/m0/s1. The lowest BCUT2D eigenvalue weighted by Crippen LogP contribution is -2.26. The van der Waals surface area contributed by atoms with Crippen molar-refractivity contribution in [1.29, 1.82) is 0 Å². The fourth-order valence-electron chi connectivity index (χ4n) is 3.92. The molecule has 1 aromatic heterocycles. The summed E-state index contributed by atoms with van der Waals surface area (Å²) in [5, 5.41) is 5.29. The second-order valence-electron chi connectivity index (χ2n) is 8.22. The number of hydrogen-bond donors (Lipinski definition) is 1. The Bertz CT molecular complexity index is 1250. The maximum atomic E-state index is 12.6. The van der Waals surface area contributed by atoms with Crippen LogP contribution in [-0.4, -0.2) is 36.1 Å². The Balaban J connectivity index is 1.09. The molecule has 3 heterocycles. The van der Waals surface area contributed by atoms with Crippen molar-refractivity contribution in [3.63, 3.8) is 0 Å². The van der Waals surface area contributed by atoms with Gasteiger partial charge in [0, 0.05) is 36.6 Å². The van der Waals surface area contributed by atoms with E-state index in [-0.39, 0.29) is 44.6 Å². The average Bonchev–Trinajstić information content (AvgIpc) is 3.61. The van der Waals surface area contributed by atoms with E-state index in [0.29, 0.717) is 34.4 Å². The first-order valence-corrected chi connectivity index (χ1v) is 12.0. The Morgan fingerprint density at radius 2 is 1.97 bits per heavy atom. The van der Waals surface area contributed by atoms with Gasteiger partial charge in [-0.3, -0.25) is 14.4 Å². The predicted octanol–water partition coefficient (Wildman–Crippen LogP) is 2.83. The number of carbonyl (C=O) groups excluding carboxylic acids is 3. The Morgan fingerprint density at radius 1 is 1.14 bits per heavy atom. The molecule has 35 heavy (non-hydrogen) atoms. The summed E-state index contributed by atoms with van der Waals surface area (Å²) in [6.07, 6.45) is 0.240. The van der Waals surface area contributed by atoms with Crippen molar-refractivity contribution in [2.75, 3.05) is 18.2 Å². The number of aromatic nitrogens is 1.